The van der Waals surface area contributed by atoms with Crippen LogP contribution in [0.5, 0.6) is 11.5 Å². The van der Waals surface area contributed by atoms with Gasteiger partial charge in [0, 0.05) is 19.6 Å². The van der Waals surface area contributed by atoms with Crippen LogP contribution in [0.4, 0.5) is 0 Å². The minimum atomic E-state index is 0. The Morgan fingerprint density at radius 2 is 1.81 bits per heavy atom. The molecule has 2 aromatic carbocycles. The van der Waals surface area contributed by atoms with Crippen LogP contribution >= 0.6 is 24.0 Å². The van der Waals surface area contributed by atoms with Crippen molar-refractivity contribution in [2.75, 3.05) is 14.2 Å². The molecular formula is C21H30IN3O2. The number of hydrogen-bond acceptors (Lipinski definition) is 3. The lowest BCUT2D eigenvalue weighted by Crippen LogP contribution is -2.41. The smallest absolute Gasteiger partial charge is 0.191 e. The molecule has 0 aliphatic heterocycles. The van der Waals surface area contributed by atoms with E-state index in [9.17, 15) is 0 Å². The zero-order valence-corrected chi connectivity index (χ0v) is 18.8. The van der Waals surface area contributed by atoms with Crippen LogP contribution in [0, 0.1) is 0 Å². The van der Waals surface area contributed by atoms with E-state index in [4.69, 9.17) is 9.47 Å². The number of halogens is 1. The molecule has 2 aromatic rings. The summed E-state index contributed by atoms with van der Waals surface area (Å²) in [6.07, 6.45) is 1.04. The van der Waals surface area contributed by atoms with E-state index in [-0.39, 0.29) is 24.0 Å². The second-order valence-electron chi connectivity index (χ2n) is 6.14. The Morgan fingerprint density at radius 1 is 1.07 bits per heavy atom. The molecule has 1 unspecified atom stereocenters. The first-order valence-corrected chi connectivity index (χ1v) is 8.97. The lowest BCUT2D eigenvalue weighted by Gasteiger charge is -2.17. The molecule has 1 atom stereocenters. The third kappa shape index (κ3) is 7.66. The number of ether oxygens (including phenoxy) is 2. The molecular weight excluding hydrogens is 453 g/mol. The van der Waals surface area contributed by atoms with Crippen LogP contribution in [-0.4, -0.2) is 26.2 Å². The van der Waals surface area contributed by atoms with Gasteiger partial charge in [0.05, 0.1) is 7.11 Å². The van der Waals surface area contributed by atoms with Gasteiger partial charge in [0.2, 0.25) is 0 Å². The second-order valence-corrected chi connectivity index (χ2v) is 6.14. The van der Waals surface area contributed by atoms with Gasteiger partial charge in [0.15, 0.2) is 17.5 Å². The largest absolute Gasteiger partial charge is 0.493 e. The van der Waals surface area contributed by atoms with Gasteiger partial charge in [-0.3, -0.25) is 4.99 Å². The van der Waals surface area contributed by atoms with Crippen molar-refractivity contribution < 1.29 is 9.47 Å². The molecule has 6 heteroatoms. The lowest BCUT2D eigenvalue weighted by atomic mass is 10.2. The summed E-state index contributed by atoms with van der Waals surface area (Å²) >= 11 is 0. The molecule has 27 heavy (non-hydrogen) atoms. The quantitative estimate of drug-likeness (QED) is 0.333. The highest BCUT2D eigenvalue weighted by Crippen LogP contribution is 2.28. The average Bonchev–Trinajstić information content (AvgIpc) is 2.70. The van der Waals surface area contributed by atoms with E-state index in [0.29, 0.717) is 19.2 Å². The molecule has 0 aliphatic rings. The lowest BCUT2D eigenvalue weighted by molar-refractivity contribution is 0.284. The molecule has 0 bridgehead atoms. The minimum Gasteiger partial charge on any atom is -0.493 e. The molecule has 148 valence electrons. The Hall–Kier alpha value is -1.96. The van der Waals surface area contributed by atoms with Crippen molar-refractivity contribution in [1.29, 1.82) is 0 Å². The van der Waals surface area contributed by atoms with Crippen LogP contribution in [0.3, 0.4) is 0 Å². The summed E-state index contributed by atoms with van der Waals surface area (Å²) in [5.74, 6) is 2.26. The van der Waals surface area contributed by atoms with Gasteiger partial charge in [-0.1, -0.05) is 43.3 Å². The van der Waals surface area contributed by atoms with E-state index in [2.05, 4.69) is 29.5 Å². The first-order valence-electron chi connectivity index (χ1n) is 8.97. The first-order chi connectivity index (χ1) is 12.7. The molecule has 0 saturated heterocycles. The molecule has 0 heterocycles. The van der Waals surface area contributed by atoms with E-state index in [1.165, 1.54) is 0 Å². The van der Waals surface area contributed by atoms with Crippen LogP contribution in [-0.2, 0) is 13.2 Å². The molecule has 2 N–H and O–H groups in total. The Kier molecular flexibility index (Phi) is 10.6. The van der Waals surface area contributed by atoms with Crippen molar-refractivity contribution >= 4 is 29.9 Å². The molecule has 0 aliphatic carbocycles. The van der Waals surface area contributed by atoms with Crippen LogP contribution in [0.1, 0.15) is 31.4 Å². The Morgan fingerprint density at radius 3 is 2.44 bits per heavy atom. The molecule has 5 nitrogen and oxygen atoms in total. The zero-order chi connectivity index (χ0) is 18.8. The van der Waals surface area contributed by atoms with Crippen molar-refractivity contribution in [3.8, 4) is 11.5 Å². The summed E-state index contributed by atoms with van der Waals surface area (Å²) in [6, 6.07) is 16.4. The third-order valence-corrected chi connectivity index (χ3v) is 4.14. The summed E-state index contributed by atoms with van der Waals surface area (Å²) in [7, 11) is 3.43. The van der Waals surface area contributed by atoms with Gasteiger partial charge in [-0.15, -0.1) is 24.0 Å². The predicted octanol–water partition coefficient (Wildman–Crippen LogP) is 4.36. The van der Waals surface area contributed by atoms with E-state index >= 15 is 0 Å². The van der Waals surface area contributed by atoms with E-state index in [1.807, 2.05) is 48.5 Å². The number of nitrogens with zero attached hydrogens (tertiary/aromatic N) is 1. The topological polar surface area (TPSA) is 54.9 Å². The van der Waals surface area contributed by atoms with Crippen LogP contribution in [0.2, 0.25) is 0 Å². The molecule has 0 radical (unpaired) electrons. The van der Waals surface area contributed by atoms with Gasteiger partial charge >= 0.3 is 0 Å². The average molecular weight is 483 g/mol. The number of hydrogen-bond donors (Lipinski definition) is 2. The summed E-state index contributed by atoms with van der Waals surface area (Å²) in [5.41, 5.74) is 2.22. The highest BCUT2D eigenvalue weighted by molar-refractivity contribution is 14.0. The van der Waals surface area contributed by atoms with Gasteiger partial charge in [-0.25, -0.2) is 0 Å². The van der Waals surface area contributed by atoms with Crippen LogP contribution in [0.15, 0.2) is 53.5 Å². The standard InChI is InChI=1S/C21H29N3O2.HI/c1-5-16(2)24-21(22-3)23-14-18-11-12-19(20(13-18)25-4)26-15-17-9-7-6-8-10-17;/h6-13,16H,5,14-15H2,1-4H3,(H2,22,23,24);1H. The fraction of sp³-hybridized carbons (Fsp3) is 0.381. The fourth-order valence-electron chi connectivity index (χ4n) is 2.39. The molecule has 2 rings (SSSR count). The Labute approximate surface area is 179 Å². The van der Waals surface area contributed by atoms with Gasteiger partial charge in [0.25, 0.3) is 0 Å². The van der Waals surface area contributed by atoms with Crippen molar-refractivity contribution in [2.45, 2.75) is 39.5 Å². The van der Waals surface area contributed by atoms with Crippen molar-refractivity contribution in [3.05, 3.63) is 59.7 Å². The molecule has 0 fully saturated rings. The maximum Gasteiger partial charge on any atom is 0.191 e. The molecule has 0 saturated carbocycles. The van der Waals surface area contributed by atoms with Crippen molar-refractivity contribution in [2.24, 2.45) is 4.99 Å². The maximum absolute atomic E-state index is 5.90. The van der Waals surface area contributed by atoms with Gasteiger partial charge in [-0.05, 0) is 36.6 Å². The first kappa shape index (κ1) is 23.1. The minimum absolute atomic E-state index is 0. The summed E-state index contributed by atoms with van der Waals surface area (Å²) < 4.78 is 11.4. The fourth-order valence-corrected chi connectivity index (χ4v) is 2.39. The van der Waals surface area contributed by atoms with Crippen LogP contribution in [0.25, 0.3) is 0 Å². The number of rotatable bonds is 8. The number of aliphatic imine (C=N–C) groups is 1. The normalized spacial score (nSPS) is 11.9. The van der Waals surface area contributed by atoms with Crippen molar-refractivity contribution in [1.82, 2.24) is 10.6 Å². The predicted molar refractivity (Wildman–Crippen MR) is 122 cm³/mol. The SMILES string of the molecule is CCC(C)NC(=NC)NCc1ccc(OCc2ccccc2)c(OC)c1.I. The van der Waals surface area contributed by atoms with E-state index in [0.717, 1.165) is 35.0 Å². The van der Waals surface area contributed by atoms with Gasteiger partial charge in [-0.2, -0.15) is 0 Å². The number of methoxy groups -OCH3 is 1. The van der Waals surface area contributed by atoms with Gasteiger partial charge in [0.1, 0.15) is 6.61 Å². The molecule has 0 aromatic heterocycles. The van der Waals surface area contributed by atoms with Gasteiger partial charge < -0.3 is 20.1 Å². The second kappa shape index (κ2) is 12.4. The number of nitrogens with one attached hydrogen (secondary N) is 2. The third-order valence-electron chi connectivity index (χ3n) is 4.14. The zero-order valence-electron chi connectivity index (χ0n) is 16.5. The number of guanidine groups is 1. The highest BCUT2D eigenvalue weighted by Gasteiger charge is 2.08. The van der Waals surface area contributed by atoms with E-state index in [1.54, 1.807) is 14.2 Å². The summed E-state index contributed by atoms with van der Waals surface area (Å²) in [4.78, 5) is 4.25. The Bertz CT molecular complexity index is 708. The summed E-state index contributed by atoms with van der Waals surface area (Å²) in [5, 5.41) is 6.67. The van der Waals surface area contributed by atoms with Crippen molar-refractivity contribution in [3.63, 3.8) is 0 Å². The van der Waals surface area contributed by atoms with E-state index < -0.39 is 0 Å². The summed E-state index contributed by atoms with van der Waals surface area (Å²) in [6.45, 7) is 5.45. The molecule has 0 amide bonds. The monoisotopic (exact) mass is 483 g/mol. The highest BCUT2D eigenvalue weighted by atomic mass is 127. The maximum atomic E-state index is 5.90. The van der Waals surface area contributed by atoms with Crippen LogP contribution < -0.4 is 20.1 Å². The number of benzene rings is 2. The Balaban J connectivity index is 0.00000364. The molecule has 0 spiro atoms.